The third-order valence-electron chi connectivity index (χ3n) is 6.89. The van der Waals surface area contributed by atoms with Gasteiger partial charge in [-0.3, -0.25) is 4.79 Å². The van der Waals surface area contributed by atoms with Crippen LogP contribution in [0, 0.1) is 11.8 Å². The summed E-state index contributed by atoms with van der Waals surface area (Å²) in [5, 5.41) is 4.93. The van der Waals surface area contributed by atoms with Crippen molar-refractivity contribution in [3.63, 3.8) is 0 Å². The van der Waals surface area contributed by atoms with E-state index in [0.717, 1.165) is 55.3 Å². The number of aromatic nitrogens is 1. The molecule has 2 fully saturated rings. The van der Waals surface area contributed by atoms with E-state index >= 15 is 0 Å². The van der Waals surface area contributed by atoms with Crippen LogP contribution >= 0.6 is 22.7 Å². The fourth-order valence-corrected chi connectivity index (χ4v) is 6.42. The highest BCUT2D eigenvalue weighted by Gasteiger charge is 2.36. The zero-order valence-corrected chi connectivity index (χ0v) is 20.9. The summed E-state index contributed by atoms with van der Waals surface area (Å²) in [7, 11) is 0. The maximum Gasteiger partial charge on any atom is 0.273 e. The molecule has 0 atom stereocenters. The average Bonchev–Trinajstić information content (AvgIpc) is 3.42. The number of amides is 1. The lowest BCUT2D eigenvalue weighted by atomic mass is 9.81. The quantitative estimate of drug-likeness (QED) is 0.480. The van der Waals surface area contributed by atoms with E-state index in [2.05, 4.69) is 49.0 Å². The van der Waals surface area contributed by atoms with Crippen LogP contribution in [0.25, 0.3) is 0 Å². The molecule has 4 nitrogen and oxygen atoms in total. The van der Waals surface area contributed by atoms with Crippen LogP contribution in [0.4, 0.5) is 5.69 Å². The molecule has 31 heavy (non-hydrogen) atoms. The zero-order valence-electron chi connectivity index (χ0n) is 19.3. The summed E-state index contributed by atoms with van der Waals surface area (Å²) in [4.78, 5) is 21.6. The van der Waals surface area contributed by atoms with Gasteiger partial charge in [-0.1, -0.05) is 39.0 Å². The summed E-state index contributed by atoms with van der Waals surface area (Å²) < 4.78 is 6.07. The van der Waals surface area contributed by atoms with Gasteiger partial charge in [0.15, 0.2) is 0 Å². The highest BCUT2D eigenvalue weighted by molar-refractivity contribution is 7.11. The SMILES string of the molecule is CC1CCC(C(=O)N(c2csc(C(C)(C)C)c2)C2CCC(Oc3nccs3)CC2)CC1. The molecule has 2 aliphatic rings. The van der Waals surface area contributed by atoms with Crippen molar-refractivity contribution >= 4 is 34.3 Å². The molecule has 0 radical (unpaired) electrons. The van der Waals surface area contributed by atoms with Crippen LogP contribution in [0.1, 0.15) is 83.9 Å². The van der Waals surface area contributed by atoms with E-state index in [9.17, 15) is 4.79 Å². The Morgan fingerprint density at radius 1 is 1.06 bits per heavy atom. The molecule has 0 aromatic carbocycles. The van der Waals surface area contributed by atoms with Crippen LogP contribution in [-0.4, -0.2) is 23.0 Å². The van der Waals surface area contributed by atoms with E-state index in [1.54, 1.807) is 28.9 Å². The van der Waals surface area contributed by atoms with Gasteiger partial charge in [0, 0.05) is 33.8 Å². The number of thiophene rings is 1. The van der Waals surface area contributed by atoms with E-state index in [4.69, 9.17) is 4.74 Å². The molecule has 0 saturated heterocycles. The molecule has 4 rings (SSSR count). The van der Waals surface area contributed by atoms with Crippen LogP contribution < -0.4 is 9.64 Å². The molecule has 0 bridgehead atoms. The number of hydrogen-bond donors (Lipinski definition) is 0. The van der Waals surface area contributed by atoms with Gasteiger partial charge in [0.2, 0.25) is 5.91 Å². The summed E-state index contributed by atoms with van der Waals surface area (Å²) in [6, 6.07) is 2.54. The van der Waals surface area contributed by atoms with Crippen LogP contribution in [0.2, 0.25) is 0 Å². The predicted octanol–water partition coefficient (Wildman–Crippen LogP) is 7.05. The van der Waals surface area contributed by atoms with Gasteiger partial charge in [0.1, 0.15) is 6.10 Å². The molecule has 0 spiro atoms. The van der Waals surface area contributed by atoms with Crippen molar-refractivity contribution in [3.05, 3.63) is 27.9 Å². The van der Waals surface area contributed by atoms with Gasteiger partial charge in [0.25, 0.3) is 5.19 Å². The second kappa shape index (κ2) is 9.62. The number of nitrogens with zero attached hydrogens (tertiary/aromatic N) is 2. The van der Waals surface area contributed by atoms with Gasteiger partial charge >= 0.3 is 0 Å². The Morgan fingerprint density at radius 2 is 1.77 bits per heavy atom. The Hall–Kier alpha value is -1.40. The maximum atomic E-state index is 13.8. The minimum absolute atomic E-state index is 0.108. The van der Waals surface area contributed by atoms with Crippen molar-refractivity contribution in [3.8, 4) is 5.19 Å². The molecular formula is C25H36N2O2S2. The number of hydrogen-bond acceptors (Lipinski definition) is 5. The Labute approximate surface area is 195 Å². The molecule has 2 aliphatic carbocycles. The third-order valence-corrected chi connectivity index (χ3v) is 8.90. The van der Waals surface area contributed by atoms with Gasteiger partial charge in [-0.05, 0) is 68.8 Å². The minimum Gasteiger partial charge on any atom is -0.467 e. The van der Waals surface area contributed by atoms with Crippen molar-refractivity contribution in [1.29, 1.82) is 0 Å². The topological polar surface area (TPSA) is 42.4 Å². The van der Waals surface area contributed by atoms with Crippen LogP contribution in [0.5, 0.6) is 5.19 Å². The molecule has 170 valence electrons. The number of ether oxygens (including phenoxy) is 1. The van der Waals surface area contributed by atoms with Gasteiger partial charge in [-0.2, -0.15) is 0 Å². The predicted molar refractivity (Wildman–Crippen MR) is 130 cm³/mol. The summed E-state index contributed by atoms with van der Waals surface area (Å²) in [6.45, 7) is 9.06. The highest BCUT2D eigenvalue weighted by Crippen LogP contribution is 2.39. The Kier molecular flexibility index (Phi) is 7.07. The summed E-state index contributed by atoms with van der Waals surface area (Å²) in [5.74, 6) is 1.29. The second-order valence-electron chi connectivity index (χ2n) is 10.4. The molecule has 0 N–H and O–H groups in total. The second-order valence-corrected chi connectivity index (χ2v) is 12.2. The van der Waals surface area contributed by atoms with E-state index < -0.39 is 0 Å². The van der Waals surface area contributed by atoms with Crippen LogP contribution in [0.3, 0.4) is 0 Å². The van der Waals surface area contributed by atoms with Crippen LogP contribution in [0.15, 0.2) is 23.0 Å². The minimum atomic E-state index is 0.108. The van der Waals surface area contributed by atoms with E-state index in [0.29, 0.717) is 5.91 Å². The fraction of sp³-hybridized carbons (Fsp3) is 0.680. The van der Waals surface area contributed by atoms with Crippen molar-refractivity contribution in [1.82, 2.24) is 4.98 Å². The lowest BCUT2D eigenvalue weighted by Crippen LogP contribution is -2.47. The first-order chi connectivity index (χ1) is 14.8. The standard InChI is InChI=1S/C25H36N2O2S2/c1-17-5-7-18(8-6-17)23(28)27(20-15-22(31-16-20)25(2,3)4)19-9-11-21(12-10-19)29-24-26-13-14-30-24/h13-19,21H,5-12H2,1-4H3. The van der Waals surface area contributed by atoms with Crippen molar-refractivity contribution < 1.29 is 9.53 Å². The van der Waals surface area contributed by atoms with Gasteiger partial charge < -0.3 is 9.64 Å². The Morgan fingerprint density at radius 3 is 2.35 bits per heavy atom. The zero-order chi connectivity index (χ0) is 22.0. The lowest BCUT2D eigenvalue weighted by Gasteiger charge is -2.39. The smallest absolute Gasteiger partial charge is 0.273 e. The number of anilines is 1. The maximum absolute atomic E-state index is 13.8. The largest absolute Gasteiger partial charge is 0.467 e. The molecule has 2 heterocycles. The van der Waals surface area contributed by atoms with Gasteiger partial charge in [0.05, 0.1) is 5.69 Å². The highest BCUT2D eigenvalue weighted by atomic mass is 32.1. The van der Waals surface area contributed by atoms with Crippen molar-refractivity contribution in [2.45, 2.75) is 96.6 Å². The first-order valence-corrected chi connectivity index (χ1v) is 13.6. The van der Waals surface area contributed by atoms with E-state index in [1.807, 2.05) is 5.38 Å². The van der Waals surface area contributed by atoms with Gasteiger partial charge in [-0.15, -0.1) is 11.3 Å². The fourth-order valence-electron chi connectivity index (χ4n) is 4.90. The molecular weight excluding hydrogens is 424 g/mol. The van der Waals surface area contributed by atoms with Crippen molar-refractivity contribution in [2.24, 2.45) is 11.8 Å². The summed E-state index contributed by atoms with van der Waals surface area (Å²) >= 11 is 3.34. The Bertz CT molecular complexity index is 839. The van der Waals surface area contributed by atoms with E-state index in [1.165, 1.54) is 17.7 Å². The van der Waals surface area contributed by atoms with E-state index in [-0.39, 0.29) is 23.5 Å². The van der Waals surface area contributed by atoms with Crippen molar-refractivity contribution in [2.75, 3.05) is 4.90 Å². The number of carbonyl (C=O) groups is 1. The monoisotopic (exact) mass is 460 g/mol. The first kappa shape index (κ1) is 22.8. The number of thiazole rings is 1. The molecule has 1 amide bonds. The average molecular weight is 461 g/mol. The molecule has 0 aliphatic heterocycles. The van der Waals surface area contributed by atoms with Crippen LogP contribution in [-0.2, 0) is 10.2 Å². The molecule has 2 saturated carbocycles. The molecule has 2 aromatic rings. The summed E-state index contributed by atoms with van der Waals surface area (Å²) in [5.41, 5.74) is 1.22. The third kappa shape index (κ3) is 5.51. The van der Waals surface area contributed by atoms with Gasteiger partial charge in [-0.25, -0.2) is 4.98 Å². The Balaban J connectivity index is 1.50. The lowest BCUT2D eigenvalue weighted by molar-refractivity contribution is -0.124. The molecule has 2 aromatic heterocycles. The molecule has 0 unspecified atom stereocenters. The molecule has 6 heteroatoms. The number of rotatable bonds is 5. The number of carbonyl (C=O) groups excluding carboxylic acids is 1. The summed E-state index contributed by atoms with van der Waals surface area (Å²) in [6.07, 6.45) is 10.4. The first-order valence-electron chi connectivity index (χ1n) is 11.8. The normalized spacial score (nSPS) is 27.1.